The van der Waals surface area contributed by atoms with E-state index in [2.05, 4.69) is 55.5 Å². The van der Waals surface area contributed by atoms with Crippen LogP contribution in [-0.4, -0.2) is 71.0 Å². The van der Waals surface area contributed by atoms with E-state index in [0.29, 0.717) is 12.6 Å². The van der Waals surface area contributed by atoms with Gasteiger partial charge in [0.25, 0.3) is 0 Å². The van der Waals surface area contributed by atoms with Crippen molar-refractivity contribution in [2.24, 2.45) is 12.0 Å². The molecule has 2 aromatic rings. The highest BCUT2D eigenvalue weighted by Crippen LogP contribution is 2.24. The first-order chi connectivity index (χ1) is 13.2. The number of ether oxygens (including phenoxy) is 1. The number of halogens is 1. The minimum atomic E-state index is 0. The highest BCUT2D eigenvalue weighted by molar-refractivity contribution is 14.0. The van der Waals surface area contributed by atoms with Gasteiger partial charge in [0, 0.05) is 46.5 Å². The van der Waals surface area contributed by atoms with Crippen LogP contribution in [0.15, 0.2) is 47.6 Å². The summed E-state index contributed by atoms with van der Waals surface area (Å²) in [5.74, 6) is 0.925. The molecule has 7 nitrogen and oxygen atoms in total. The lowest BCUT2D eigenvalue weighted by Crippen LogP contribution is -2.50. The van der Waals surface area contributed by atoms with E-state index in [4.69, 9.17) is 4.74 Å². The molecule has 0 amide bonds. The Labute approximate surface area is 183 Å². The fraction of sp³-hybridized carbons (Fsp3) is 0.500. The molecule has 152 valence electrons. The van der Waals surface area contributed by atoms with Gasteiger partial charge < -0.3 is 15.0 Å². The standard InChI is InChI=1S/C20H28N6O.HI/c1-21-20(22-12-17-8-9-23-24(17)2)26-14-18-19(15-26)27-11-10-25(18)13-16-6-4-3-5-7-16;/h3-9,18-19H,10-15H2,1-2H3,(H,21,22);1H. The van der Waals surface area contributed by atoms with Crippen LogP contribution in [0.25, 0.3) is 0 Å². The molecule has 8 heteroatoms. The SMILES string of the molecule is CN=C(NCc1ccnn1C)N1CC2OCCN(Cc3ccccc3)C2C1.I. The second-order valence-electron chi connectivity index (χ2n) is 7.18. The number of nitrogens with zero attached hydrogens (tertiary/aromatic N) is 5. The van der Waals surface area contributed by atoms with Crippen molar-refractivity contribution in [2.45, 2.75) is 25.2 Å². The van der Waals surface area contributed by atoms with Crippen molar-refractivity contribution < 1.29 is 4.74 Å². The second-order valence-corrected chi connectivity index (χ2v) is 7.18. The third-order valence-electron chi connectivity index (χ3n) is 5.51. The first kappa shape index (κ1) is 21.1. The molecule has 0 aliphatic carbocycles. The Morgan fingerprint density at radius 2 is 2.07 bits per heavy atom. The maximum absolute atomic E-state index is 6.08. The number of hydrogen-bond acceptors (Lipinski definition) is 4. The Morgan fingerprint density at radius 1 is 1.25 bits per heavy atom. The normalized spacial score (nSPS) is 22.6. The molecular weight excluding hydrogens is 467 g/mol. The second kappa shape index (κ2) is 9.71. The quantitative estimate of drug-likeness (QED) is 0.397. The summed E-state index contributed by atoms with van der Waals surface area (Å²) in [6, 6.07) is 13.1. The lowest BCUT2D eigenvalue weighted by Gasteiger charge is -2.36. The Morgan fingerprint density at radius 3 is 2.79 bits per heavy atom. The van der Waals surface area contributed by atoms with Crippen LogP contribution in [-0.2, 0) is 24.9 Å². The number of benzene rings is 1. The minimum Gasteiger partial charge on any atom is -0.373 e. The molecule has 2 aliphatic rings. The van der Waals surface area contributed by atoms with Crippen molar-refractivity contribution in [1.82, 2.24) is 24.9 Å². The van der Waals surface area contributed by atoms with Crippen molar-refractivity contribution in [3.63, 3.8) is 0 Å². The number of likely N-dealkylation sites (tertiary alicyclic amines) is 1. The number of fused-ring (bicyclic) bond motifs is 1. The number of hydrogen-bond donors (Lipinski definition) is 1. The van der Waals surface area contributed by atoms with Crippen LogP contribution in [0.2, 0.25) is 0 Å². The Hall–Kier alpha value is -1.65. The monoisotopic (exact) mass is 496 g/mol. The first-order valence-electron chi connectivity index (χ1n) is 9.56. The molecule has 2 fully saturated rings. The van der Waals surface area contributed by atoms with E-state index in [1.165, 1.54) is 5.56 Å². The molecule has 2 unspecified atom stereocenters. The van der Waals surface area contributed by atoms with Crippen LogP contribution in [0, 0.1) is 0 Å². The van der Waals surface area contributed by atoms with E-state index < -0.39 is 0 Å². The predicted octanol–water partition coefficient (Wildman–Crippen LogP) is 1.70. The molecule has 2 aliphatic heterocycles. The van der Waals surface area contributed by atoms with E-state index >= 15 is 0 Å². The van der Waals surface area contributed by atoms with E-state index in [9.17, 15) is 0 Å². The van der Waals surface area contributed by atoms with E-state index in [1.54, 1.807) is 0 Å². The van der Waals surface area contributed by atoms with Gasteiger partial charge in [-0.25, -0.2) is 0 Å². The summed E-state index contributed by atoms with van der Waals surface area (Å²) < 4.78 is 7.97. The third-order valence-corrected chi connectivity index (χ3v) is 5.51. The zero-order valence-electron chi connectivity index (χ0n) is 16.5. The van der Waals surface area contributed by atoms with Crippen LogP contribution in [0.3, 0.4) is 0 Å². The van der Waals surface area contributed by atoms with E-state index in [0.717, 1.165) is 44.4 Å². The molecule has 0 spiro atoms. The summed E-state index contributed by atoms with van der Waals surface area (Å²) in [5.41, 5.74) is 2.49. The maximum atomic E-state index is 6.08. The summed E-state index contributed by atoms with van der Waals surface area (Å²) in [7, 11) is 3.80. The number of aromatic nitrogens is 2. The molecule has 28 heavy (non-hydrogen) atoms. The average Bonchev–Trinajstić information content (AvgIpc) is 3.30. The van der Waals surface area contributed by atoms with E-state index in [-0.39, 0.29) is 30.1 Å². The number of aryl methyl sites for hydroxylation is 1. The fourth-order valence-electron chi connectivity index (χ4n) is 4.02. The van der Waals surface area contributed by atoms with Gasteiger partial charge in [-0.05, 0) is 11.6 Å². The molecule has 4 rings (SSSR count). The van der Waals surface area contributed by atoms with Gasteiger partial charge in [0.15, 0.2) is 5.96 Å². The summed E-state index contributed by atoms with van der Waals surface area (Å²) in [4.78, 5) is 9.36. The molecule has 1 aromatic carbocycles. The van der Waals surface area contributed by atoms with Gasteiger partial charge in [-0.2, -0.15) is 5.10 Å². The largest absolute Gasteiger partial charge is 0.373 e. The van der Waals surface area contributed by atoms with Crippen molar-refractivity contribution in [3.8, 4) is 0 Å². The Bertz CT molecular complexity index is 780. The maximum Gasteiger partial charge on any atom is 0.194 e. The van der Waals surface area contributed by atoms with Gasteiger partial charge >= 0.3 is 0 Å². The molecule has 0 radical (unpaired) electrons. The van der Waals surface area contributed by atoms with Crippen LogP contribution in [0.1, 0.15) is 11.3 Å². The van der Waals surface area contributed by atoms with Crippen LogP contribution < -0.4 is 5.32 Å². The minimum absolute atomic E-state index is 0. The highest BCUT2D eigenvalue weighted by atomic mass is 127. The Kier molecular flexibility index (Phi) is 7.30. The fourth-order valence-corrected chi connectivity index (χ4v) is 4.02. The van der Waals surface area contributed by atoms with Gasteiger partial charge in [0.05, 0.1) is 31.0 Å². The van der Waals surface area contributed by atoms with Crippen molar-refractivity contribution in [2.75, 3.05) is 33.3 Å². The van der Waals surface area contributed by atoms with Crippen LogP contribution in [0.5, 0.6) is 0 Å². The van der Waals surface area contributed by atoms with Gasteiger partial charge in [-0.1, -0.05) is 30.3 Å². The van der Waals surface area contributed by atoms with Crippen molar-refractivity contribution >= 4 is 29.9 Å². The van der Waals surface area contributed by atoms with Crippen molar-refractivity contribution in [1.29, 1.82) is 0 Å². The Balaban J connectivity index is 0.00000225. The number of aliphatic imine (C=N–C) groups is 1. The van der Waals surface area contributed by atoms with Gasteiger partial charge in [-0.3, -0.25) is 14.6 Å². The predicted molar refractivity (Wildman–Crippen MR) is 121 cm³/mol. The lowest BCUT2D eigenvalue weighted by atomic mass is 10.1. The topological polar surface area (TPSA) is 57.9 Å². The molecule has 0 saturated carbocycles. The average molecular weight is 496 g/mol. The number of guanidine groups is 1. The zero-order valence-corrected chi connectivity index (χ0v) is 18.8. The van der Waals surface area contributed by atoms with Crippen LogP contribution >= 0.6 is 24.0 Å². The molecule has 2 saturated heterocycles. The number of rotatable bonds is 4. The molecule has 1 N–H and O–H groups in total. The summed E-state index contributed by atoms with van der Waals surface area (Å²) in [5, 5.41) is 7.69. The van der Waals surface area contributed by atoms with Crippen LogP contribution in [0.4, 0.5) is 0 Å². The summed E-state index contributed by atoms with van der Waals surface area (Å²) in [6.07, 6.45) is 2.05. The summed E-state index contributed by atoms with van der Waals surface area (Å²) >= 11 is 0. The van der Waals surface area contributed by atoms with E-state index in [1.807, 2.05) is 31.0 Å². The zero-order chi connectivity index (χ0) is 18.6. The number of morpholine rings is 1. The molecule has 1 aromatic heterocycles. The smallest absolute Gasteiger partial charge is 0.194 e. The van der Waals surface area contributed by atoms with Gasteiger partial charge in [0.2, 0.25) is 0 Å². The lowest BCUT2D eigenvalue weighted by molar-refractivity contribution is -0.0502. The van der Waals surface area contributed by atoms with Gasteiger partial charge in [-0.15, -0.1) is 24.0 Å². The van der Waals surface area contributed by atoms with Gasteiger partial charge in [0.1, 0.15) is 0 Å². The molecule has 2 atom stereocenters. The third kappa shape index (κ3) is 4.66. The molecular formula is C20H29IN6O. The molecule has 3 heterocycles. The first-order valence-corrected chi connectivity index (χ1v) is 9.56. The highest BCUT2D eigenvalue weighted by Gasteiger charge is 2.41. The van der Waals surface area contributed by atoms with Crippen molar-refractivity contribution in [3.05, 3.63) is 53.9 Å². The number of nitrogens with one attached hydrogen (secondary N) is 1. The molecule has 0 bridgehead atoms. The summed E-state index contributed by atoms with van der Waals surface area (Å²) in [6.45, 7) is 5.27.